The summed E-state index contributed by atoms with van der Waals surface area (Å²) in [5.41, 5.74) is 0.624. The molecule has 7 nitrogen and oxygen atoms in total. The molecule has 1 amide bonds. The van der Waals surface area contributed by atoms with Gasteiger partial charge in [0.05, 0.1) is 17.1 Å². The van der Waals surface area contributed by atoms with Crippen LogP contribution in [0.3, 0.4) is 0 Å². The first-order valence-electron chi connectivity index (χ1n) is 7.73. The van der Waals surface area contributed by atoms with Crippen LogP contribution in [0.1, 0.15) is 22.3 Å². The summed E-state index contributed by atoms with van der Waals surface area (Å²) in [4.78, 5) is 20.1. The molecule has 2 N–H and O–H groups in total. The number of rotatable bonds is 5. The number of anilines is 1. The van der Waals surface area contributed by atoms with Crippen LogP contribution in [0.2, 0.25) is 0 Å². The van der Waals surface area contributed by atoms with E-state index in [1.807, 2.05) is 0 Å². The van der Waals surface area contributed by atoms with E-state index in [-0.39, 0.29) is 41.4 Å². The van der Waals surface area contributed by atoms with Crippen LogP contribution in [0, 0.1) is 5.82 Å². The van der Waals surface area contributed by atoms with Gasteiger partial charge in [-0.2, -0.15) is 0 Å². The van der Waals surface area contributed by atoms with Crippen molar-refractivity contribution >= 4 is 21.7 Å². The van der Waals surface area contributed by atoms with Gasteiger partial charge in [0.2, 0.25) is 5.95 Å². The third-order valence-corrected chi connectivity index (χ3v) is 5.64. The van der Waals surface area contributed by atoms with E-state index in [1.54, 1.807) is 18.2 Å². The molecule has 2 heterocycles. The summed E-state index contributed by atoms with van der Waals surface area (Å²) in [6.07, 6.45) is 3.20. The quantitative estimate of drug-likeness (QED) is 0.825. The van der Waals surface area contributed by atoms with Crippen molar-refractivity contribution in [2.45, 2.75) is 19.0 Å². The standard InChI is InChI=1S/C16H17FN4O3S/c17-14-4-2-1-3-11(14)7-18-15(22)12-8-19-16(20-9-12)21-13-5-6-25(23,24)10-13/h1-4,8-9,13H,5-7,10H2,(H,18,22)(H,19,20,21). The van der Waals surface area contributed by atoms with Crippen LogP contribution in [0.4, 0.5) is 10.3 Å². The highest BCUT2D eigenvalue weighted by molar-refractivity contribution is 7.91. The first-order valence-corrected chi connectivity index (χ1v) is 9.56. The molecular formula is C16H17FN4O3S. The van der Waals surface area contributed by atoms with Crippen LogP contribution in [0.5, 0.6) is 0 Å². The minimum Gasteiger partial charge on any atom is -0.350 e. The predicted molar refractivity (Wildman–Crippen MR) is 90.3 cm³/mol. The molecule has 0 radical (unpaired) electrons. The van der Waals surface area contributed by atoms with Gasteiger partial charge in [0.1, 0.15) is 5.82 Å². The third-order valence-electron chi connectivity index (χ3n) is 3.88. The first kappa shape index (κ1) is 17.3. The number of benzene rings is 1. The zero-order valence-electron chi connectivity index (χ0n) is 13.3. The van der Waals surface area contributed by atoms with Crippen LogP contribution in [-0.4, -0.2) is 41.8 Å². The van der Waals surface area contributed by atoms with Crippen LogP contribution >= 0.6 is 0 Å². The lowest BCUT2D eigenvalue weighted by Crippen LogP contribution is -2.25. The Morgan fingerprint density at radius 2 is 1.96 bits per heavy atom. The van der Waals surface area contributed by atoms with Crippen molar-refractivity contribution in [3.63, 3.8) is 0 Å². The molecule has 9 heteroatoms. The van der Waals surface area contributed by atoms with Crippen molar-refractivity contribution in [1.29, 1.82) is 0 Å². The fraction of sp³-hybridized carbons (Fsp3) is 0.312. The Morgan fingerprint density at radius 1 is 1.24 bits per heavy atom. The molecule has 1 aliphatic heterocycles. The number of nitrogens with one attached hydrogen (secondary N) is 2. The molecule has 132 valence electrons. The number of halogens is 1. The number of amides is 1. The summed E-state index contributed by atoms with van der Waals surface area (Å²) in [5.74, 6) is -0.321. The Hall–Kier alpha value is -2.55. The van der Waals surface area contributed by atoms with Gasteiger partial charge in [-0.05, 0) is 12.5 Å². The Kier molecular flexibility index (Phi) is 4.93. The molecule has 2 aromatic rings. The zero-order valence-corrected chi connectivity index (χ0v) is 14.1. The van der Waals surface area contributed by atoms with Crippen molar-refractivity contribution < 1.29 is 17.6 Å². The second kappa shape index (κ2) is 7.14. The van der Waals surface area contributed by atoms with E-state index in [9.17, 15) is 17.6 Å². The van der Waals surface area contributed by atoms with Gasteiger partial charge < -0.3 is 10.6 Å². The number of carbonyl (C=O) groups excluding carboxylic acids is 1. The average molecular weight is 364 g/mol. The van der Waals surface area contributed by atoms with Crippen molar-refractivity contribution in [2.75, 3.05) is 16.8 Å². The summed E-state index contributed by atoms with van der Waals surface area (Å²) in [7, 11) is -2.99. The minimum absolute atomic E-state index is 0.0568. The summed E-state index contributed by atoms with van der Waals surface area (Å²) >= 11 is 0. The number of carbonyl (C=O) groups is 1. The SMILES string of the molecule is O=C(NCc1ccccc1F)c1cnc(NC2CCS(=O)(=O)C2)nc1. The molecule has 1 aromatic heterocycles. The lowest BCUT2D eigenvalue weighted by atomic mass is 10.2. The molecule has 1 aromatic carbocycles. The first-order chi connectivity index (χ1) is 11.9. The Labute approximate surface area is 144 Å². The molecule has 1 unspecified atom stereocenters. The predicted octanol–water partition coefficient (Wildman–Crippen LogP) is 1.14. The highest BCUT2D eigenvalue weighted by Gasteiger charge is 2.28. The summed E-state index contributed by atoms with van der Waals surface area (Å²) in [6, 6.07) is 5.97. The van der Waals surface area contributed by atoms with Gasteiger partial charge >= 0.3 is 0 Å². The monoisotopic (exact) mass is 364 g/mol. The van der Waals surface area contributed by atoms with Gasteiger partial charge in [-0.1, -0.05) is 18.2 Å². The van der Waals surface area contributed by atoms with E-state index in [1.165, 1.54) is 18.5 Å². The van der Waals surface area contributed by atoms with E-state index in [0.29, 0.717) is 12.0 Å². The second-order valence-corrected chi connectivity index (χ2v) is 8.04. The van der Waals surface area contributed by atoms with Crippen molar-refractivity contribution in [3.05, 3.63) is 53.6 Å². The fourth-order valence-electron chi connectivity index (χ4n) is 2.53. The lowest BCUT2D eigenvalue weighted by molar-refractivity contribution is 0.0950. The fourth-order valence-corrected chi connectivity index (χ4v) is 4.20. The molecule has 25 heavy (non-hydrogen) atoms. The Bertz CT molecular complexity index is 871. The zero-order chi connectivity index (χ0) is 17.9. The van der Waals surface area contributed by atoms with Gasteiger partial charge in [0.25, 0.3) is 5.91 Å². The smallest absolute Gasteiger partial charge is 0.254 e. The Morgan fingerprint density at radius 3 is 2.60 bits per heavy atom. The average Bonchev–Trinajstić information content (AvgIpc) is 2.93. The van der Waals surface area contributed by atoms with E-state index in [2.05, 4.69) is 20.6 Å². The second-order valence-electron chi connectivity index (χ2n) is 5.81. The van der Waals surface area contributed by atoms with Crippen LogP contribution in [0.25, 0.3) is 0 Å². The van der Waals surface area contributed by atoms with Crippen molar-refractivity contribution in [2.24, 2.45) is 0 Å². The molecule has 0 spiro atoms. The van der Waals surface area contributed by atoms with Gasteiger partial charge in [0.15, 0.2) is 9.84 Å². The highest BCUT2D eigenvalue weighted by atomic mass is 32.2. The molecule has 1 atom stereocenters. The summed E-state index contributed by atoms with van der Waals surface area (Å²) < 4.78 is 36.4. The normalized spacial score (nSPS) is 18.7. The number of hydrogen-bond donors (Lipinski definition) is 2. The van der Waals surface area contributed by atoms with Gasteiger partial charge in [-0.3, -0.25) is 4.79 Å². The molecule has 1 saturated heterocycles. The molecule has 0 saturated carbocycles. The molecular weight excluding hydrogens is 347 g/mol. The molecule has 1 aliphatic rings. The Balaban J connectivity index is 1.56. The third kappa shape index (κ3) is 4.50. The molecule has 0 bridgehead atoms. The lowest BCUT2D eigenvalue weighted by Gasteiger charge is -2.10. The molecule has 3 rings (SSSR count). The topological polar surface area (TPSA) is 101 Å². The number of nitrogens with zero attached hydrogens (tertiary/aromatic N) is 2. The summed E-state index contributed by atoms with van der Waals surface area (Å²) in [6.45, 7) is 0.0610. The maximum atomic E-state index is 13.5. The van der Waals surface area contributed by atoms with E-state index in [4.69, 9.17) is 0 Å². The number of hydrogen-bond acceptors (Lipinski definition) is 6. The van der Waals surface area contributed by atoms with Crippen LogP contribution in [-0.2, 0) is 16.4 Å². The van der Waals surface area contributed by atoms with Gasteiger partial charge in [0, 0.05) is 30.5 Å². The van der Waals surface area contributed by atoms with Crippen LogP contribution < -0.4 is 10.6 Å². The van der Waals surface area contributed by atoms with Crippen molar-refractivity contribution in [3.8, 4) is 0 Å². The van der Waals surface area contributed by atoms with Crippen molar-refractivity contribution in [1.82, 2.24) is 15.3 Å². The largest absolute Gasteiger partial charge is 0.350 e. The summed E-state index contributed by atoms with van der Waals surface area (Å²) in [5, 5.41) is 5.55. The van der Waals surface area contributed by atoms with E-state index >= 15 is 0 Å². The maximum absolute atomic E-state index is 13.5. The van der Waals surface area contributed by atoms with E-state index in [0.717, 1.165) is 0 Å². The maximum Gasteiger partial charge on any atom is 0.254 e. The minimum atomic E-state index is -2.99. The number of aromatic nitrogens is 2. The highest BCUT2D eigenvalue weighted by Crippen LogP contribution is 2.15. The number of sulfone groups is 1. The molecule has 1 fully saturated rings. The van der Waals surface area contributed by atoms with Gasteiger partial charge in [-0.25, -0.2) is 22.8 Å². The van der Waals surface area contributed by atoms with E-state index < -0.39 is 15.7 Å². The van der Waals surface area contributed by atoms with Crippen LogP contribution in [0.15, 0.2) is 36.7 Å². The van der Waals surface area contributed by atoms with Gasteiger partial charge in [-0.15, -0.1) is 0 Å². The molecule has 0 aliphatic carbocycles.